The fourth-order valence-electron chi connectivity index (χ4n) is 4.73. The van der Waals surface area contributed by atoms with Crippen LogP contribution in [0, 0.1) is 5.41 Å². The summed E-state index contributed by atoms with van der Waals surface area (Å²) in [5.41, 5.74) is 1.56. The van der Waals surface area contributed by atoms with Crippen LogP contribution in [0.4, 0.5) is 4.79 Å². The van der Waals surface area contributed by atoms with E-state index in [0.717, 1.165) is 60.9 Å². The van der Waals surface area contributed by atoms with Crippen LogP contribution >= 0.6 is 11.6 Å². The molecule has 6 nitrogen and oxygen atoms in total. The summed E-state index contributed by atoms with van der Waals surface area (Å²) >= 11 is 6.65. The predicted molar refractivity (Wildman–Crippen MR) is 159 cm³/mol. The topological polar surface area (TPSA) is 60.9 Å². The van der Waals surface area contributed by atoms with Gasteiger partial charge in [0, 0.05) is 31.3 Å². The Balaban J connectivity index is 1.77. The first-order valence-corrected chi connectivity index (χ1v) is 17.1. The summed E-state index contributed by atoms with van der Waals surface area (Å²) in [4.78, 5) is 19.1. The summed E-state index contributed by atoms with van der Waals surface area (Å²) in [5.74, 6) is 0.802. The molecule has 1 fully saturated rings. The number of piperidine rings is 1. The number of likely N-dealkylation sites (tertiary alicyclic amines) is 1. The highest BCUT2D eigenvalue weighted by Gasteiger charge is 2.42. The van der Waals surface area contributed by atoms with Gasteiger partial charge in [-0.2, -0.15) is 0 Å². The number of aromatic nitrogens is 1. The molecule has 0 atom stereocenters. The monoisotopic (exact) mass is 562 g/mol. The Morgan fingerprint density at radius 2 is 1.79 bits per heavy atom. The lowest BCUT2D eigenvalue weighted by atomic mass is 9.75. The summed E-state index contributed by atoms with van der Waals surface area (Å²) in [6, 6.07) is 5.94. The molecule has 0 bridgehead atoms. The van der Waals surface area contributed by atoms with Crippen molar-refractivity contribution in [2.45, 2.75) is 97.4 Å². The third kappa shape index (κ3) is 7.63. The van der Waals surface area contributed by atoms with Gasteiger partial charge >= 0.3 is 6.09 Å². The first-order chi connectivity index (χ1) is 17.6. The quantitative estimate of drug-likeness (QED) is 0.303. The highest BCUT2D eigenvalue weighted by molar-refractivity contribution is 6.74. The molecule has 0 radical (unpaired) electrons. The molecule has 1 aromatic carbocycles. The summed E-state index contributed by atoms with van der Waals surface area (Å²) < 4.78 is 17.9. The number of halogens is 1. The van der Waals surface area contributed by atoms with Gasteiger partial charge in [-0.25, -0.2) is 4.79 Å². The van der Waals surface area contributed by atoms with E-state index in [-0.39, 0.29) is 16.5 Å². The standard InChI is InChI=1S/C30H47ClN2O4Si/c1-28(2,3)37-27(34)33-17-15-30(16-18-33,21-36-38(8,9)29(4,5)6)14-10-11-23-24-19-22(35-7)12-13-26(24)32-20-25(23)31/h12-13,19-20H,10-11,14-18,21H2,1-9H3. The van der Waals surface area contributed by atoms with Crippen molar-refractivity contribution in [3.05, 3.63) is 35.0 Å². The lowest BCUT2D eigenvalue weighted by Gasteiger charge is -2.45. The first-order valence-electron chi connectivity index (χ1n) is 13.8. The third-order valence-corrected chi connectivity index (χ3v) is 13.1. The number of carbonyl (C=O) groups is 1. The van der Waals surface area contributed by atoms with Gasteiger partial charge in [-0.1, -0.05) is 32.4 Å². The number of amides is 1. The molecule has 1 aliphatic heterocycles. The molecule has 1 amide bonds. The summed E-state index contributed by atoms with van der Waals surface area (Å²) in [5, 5.41) is 1.88. The second kappa shape index (κ2) is 11.7. The Kier molecular flexibility index (Phi) is 9.48. The zero-order valence-electron chi connectivity index (χ0n) is 24.9. The molecule has 1 saturated heterocycles. The molecule has 212 valence electrons. The second-order valence-corrected chi connectivity index (χ2v) is 18.6. The van der Waals surface area contributed by atoms with E-state index in [0.29, 0.717) is 18.1 Å². The molecule has 0 N–H and O–H groups in total. The molecular formula is C30H47ClN2O4Si. The maximum absolute atomic E-state index is 12.7. The molecule has 2 heterocycles. The van der Waals surface area contributed by atoms with Crippen LogP contribution in [0.2, 0.25) is 23.2 Å². The number of hydrogen-bond donors (Lipinski definition) is 0. The van der Waals surface area contributed by atoms with Crippen molar-refractivity contribution >= 4 is 36.9 Å². The van der Waals surface area contributed by atoms with E-state index < -0.39 is 13.9 Å². The van der Waals surface area contributed by atoms with Gasteiger partial charge in [0.1, 0.15) is 11.4 Å². The number of methoxy groups -OCH3 is 1. The smallest absolute Gasteiger partial charge is 0.410 e. The fourth-order valence-corrected chi connectivity index (χ4v) is 6.08. The average molecular weight is 563 g/mol. The third-order valence-electron chi connectivity index (χ3n) is 8.29. The minimum absolute atomic E-state index is 0.0149. The lowest BCUT2D eigenvalue weighted by Crippen LogP contribution is -2.49. The fraction of sp³-hybridized carbons (Fsp3) is 0.667. The van der Waals surface area contributed by atoms with Crippen LogP contribution in [0.5, 0.6) is 5.75 Å². The Labute approximate surface area is 235 Å². The Bertz CT molecular complexity index is 1120. The van der Waals surface area contributed by atoms with Gasteiger partial charge in [0.2, 0.25) is 0 Å². The minimum atomic E-state index is -1.91. The van der Waals surface area contributed by atoms with E-state index in [1.165, 1.54) is 0 Å². The number of nitrogens with zero attached hydrogens (tertiary/aromatic N) is 2. The normalized spacial score (nSPS) is 16.5. The number of fused-ring (bicyclic) bond motifs is 1. The summed E-state index contributed by atoms with van der Waals surface area (Å²) in [6.07, 6.45) is 6.17. The van der Waals surface area contributed by atoms with Crippen LogP contribution in [0.3, 0.4) is 0 Å². The SMILES string of the molecule is COc1ccc2ncc(Cl)c(CCCC3(CO[Si](C)(C)C(C)(C)C)CCN(C(=O)OC(C)(C)C)CC3)c2c1. The van der Waals surface area contributed by atoms with E-state index in [1.807, 2.05) is 43.9 Å². The molecule has 3 rings (SSSR count). The zero-order chi connectivity index (χ0) is 28.4. The van der Waals surface area contributed by atoms with Crippen molar-refractivity contribution in [1.82, 2.24) is 9.88 Å². The highest BCUT2D eigenvalue weighted by atomic mass is 35.5. The number of ether oxygens (including phenoxy) is 2. The predicted octanol–water partition coefficient (Wildman–Crippen LogP) is 8.26. The molecular weight excluding hydrogens is 516 g/mol. The number of rotatable bonds is 8. The average Bonchev–Trinajstić information content (AvgIpc) is 2.82. The maximum atomic E-state index is 12.7. The molecule has 0 aliphatic carbocycles. The van der Waals surface area contributed by atoms with Gasteiger partial charge in [0.05, 0.1) is 17.6 Å². The lowest BCUT2D eigenvalue weighted by molar-refractivity contribution is -0.00137. The van der Waals surface area contributed by atoms with Gasteiger partial charge in [0.25, 0.3) is 0 Å². The molecule has 0 spiro atoms. The molecule has 38 heavy (non-hydrogen) atoms. The number of carbonyl (C=O) groups excluding carboxylic acids is 1. The van der Waals surface area contributed by atoms with Gasteiger partial charge in [-0.05, 0) is 100 Å². The molecule has 8 heteroatoms. The highest BCUT2D eigenvalue weighted by Crippen LogP contribution is 2.42. The number of benzene rings is 1. The number of aryl methyl sites for hydroxylation is 1. The first kappa shape index (κ1) is 30.7. The van der Waals surface area contributed by atoms with Crippen LogP contribution in [0.1, 0.15) is 72.8 Å². The van der Waals surface area contributed by atoms with Crippen molar-refractivity contribution in [1.29, 1.82) is 0 Å². The second-order valence-electron chi connectivity index (χ2n) is 13.3. The van der Waals surface area contributed by atoms with Crippen molar-refractivity contribution < 1.29 is 18.7 Å². The molecule has 2 aromatic rings. The number of hydrogen-bond acceptors (Lipinski definition) is 5. The minimum Gasteiger partial charge on any atom is -0.497 e. The van der Waals surface area contributed by atoms with E-state index in [2.05, 4.69) is 38.8 Å². The molecule has 0 saturated carbocycles. The van der Waals surface area contributed by atoms with Crippen molar-refractivity contribution in [3.63, 3.8) is 0 Å². The van der Waals surface area contributed by atoms with Crippen LogP contribution in [-0.4, -0.2) is 56.7 Å². The van der Waals surface area contributed by atoms with Crippen LogP contribution in [0.15, 0.2) is 24.4 Å². The van der Waals surface area contributed by atoms with Crippen molar-refractivity contribution in [2.24, 2.45) is 5.41 Å². The zero-order valence-corrected chi connectivity index (χ0v) is 26.6. The van der Waals surface area contributed by atoms with E-state index in [4.69, 9.17) is 25.5 Å². The molecule has 0 unspecified atom stereocenters. The summed E-state index contributed by atoms with van der Waals surface area (Å²) in [6.45, 7) is 19.3. The molecule has 1 aromatic heterocycles. The van der Waals surface area contributed by atoms with Crippen molar-refractivity contribution in [2.75, 3.05) is 26.8 Å². The maximum Gasteiger partial charge on any atom is 0.410 e. The van der Waals surface area contributed by atoms with E-state index in [9.17, 15) is 4.79 Å². The van der Waals surface area contributed by atoms with Gasteiger partial charge < -0.3 is 18.8 Å². The Morgan fingerprint density at radius 3 is 2.37 bits per heavy atom. The van der Waals surface area contributed by atoms with Crippen molar-refractivity contribution in [3.8, 4) is 5.75 Å². The van der Waals surface area contributed by atoms with Gasteiger partial charge in [-0.15, -0.1) is 0 Å². The largest absolute Gasteiger partial charge is 0.497 e. The van der Waals surface area contributed by atoms with Crippen LogP contribution < -0.4 is 4.74 Å². The summed E-state index contributed by atoms with van der Waals surface area (Å²) in [7, 11) is -0.239. The molecule has 1 aliphatic rings. The van der Waals surface area contributed by atoms with Crippen LogP contribution in [-0.2, 0) is 15.6 Å². The number of pyridine rings is 1. The Morgan fingerprint density at radius 1 is 1.13 bits per heavy atom. The Hall–Kier alpha value is -1.83. The van der Waals surface area contributed by atoms with E-state index in [1.54, 1.807) is 13.3 Å². The van der Waals surface area contributed by atoms with Crippen LogP contribution in [0.25, 0.3) is 10.9 Å². The van der Waals surface area contributed by atoms with Gasteiger partial charge in [-0.3, -0.25) is 4.98 Å². The van der Waals surface area contributed by atoms with Gasteiger partial charge in [0.15, 0.2) is 8.32 Å². The van der Waals surface area contributed by atoms with E-state index >= 15 is 0 Å².